The van der Waals surface area contributed by atoms with E-state index in [9.17, 15) is 9.59 Å². The number of carbonyl (C=O) groups is 1. The monoisotopic (exact) mass is 354 g/mol. The zero-order valence-corrected chi connectivity index (χ0v) is 15.6. The summed E-state index contributed by atoms with van der Waals surface area (Å²) >= 11 is 0. The highest BCUT2D eigenvalue weighted by Gasteiger charge is 2.30. The topological polar surface area (TPSA) is 53.8 Å². The Morgan fingerprint density at radius 2 is 1.85 bits per heavy atom. The zero-order chi connectivity index (χ0) is 18.3. The number of rotatable bonds is 3. The van der Waals surface area contributed by atoms with Crippen molar-refractivity contribution in [1.29, 1.82) is 0 Å². The van der Waals surface area contributed by atoms with Gasteiger partial charge in [0.15, 0.2) is 0 Å². The summed E-state index contributed by atoms with van der Waals surface area (Å²) in [7, 11) is 0. The first-order chi connectivity index (χ1) is 12.5. The Kier molecular flexibility index (Phi) is 4.57. The molecule has 4 rings (SSSR count). The van der Waals surface area contributed by atoms with Gasteiger partial charge in [-0.05, 0) is 55.9 Å². The van der Waals surface area contributed by atoms with Gasteiger partial charge in [-0.3, -0.25) is 9.69 Å². The predicted molar refractivity (Wildman–Crippen MR) is 101 cm³/mol. The van der Waals surface area contributed by atoms with Gasteiger partial charge in [-0.1, -0.05) is 6.07 Å². The molecule has 0 aliphatic carbocycles. The van der Waals surface area contributed by atoms with Crippen molar-refractivity contribution in [1.82, 2.24) is 9.80 Å². The minimum absolute atomic E-state index is 0.281. The van der Waals surface area contributed by atoms with Crippen LogP contribution in [0.4, 0.5) is 0 Å². The van der Waals surface area contributed by atoms with E-state index in [4.69, 9.17) is 4.42 Å². The van der Waals surface area contributed by atoms with Gasteiger partial charge >= 0.3 is 5.63 Å². The number of aryl methyl sites for hydroxylation is 2. The normalized spacial score (nSPS) is 19.6. The number of likely N-dealkylation sites (tertiary alicyclic amines) is 2. The van der Waals surface area contributed by atoms with Crippen LogP contribution >= 0.6 is 0 Å². The van der Waals surface area contributed by atoms with Gasteiger partial charge in [-0.15, -0.1) is 0 Å². The summed E-state index contributed by atoms with van der Waals surface area (Å²) in [5.41, 5.74) is 3.65. The third-order valence-corrected chi connectivity index (χ3v) is 5.76. The Labute approximate surface area is 153 Å². The fraction of sp³-hybridized carbons (Fsp3) is 0.524. The molecule has 2 fully saturated rings. The summed E-state index contributed by atoms with van der Waals surface area (Å²) in [6.07, 6.45) is 3.75. The van der Waals surface area contributed by atoms with Crippen LogP contribution in [0.1, 0.15) is 42.4 Å². The lowest BCUT2D eigenvalue weighted by molar-refractivity contribution is -0.130. The van der Waals surface area contributed by atoms with Crippen LogP contribution in [0.15, 0.2) is 27.4 Å². The number of piperidine rings is 1. The van der Waals surface area contributed by atoms with Crippen LogP contribution in [-0.4, -0.2) is 41.4 Å². The van der Waals surface area contributed by atoms with Gasteiger partial charge in [-0.2, -0.15) is 0 Å². The molecule has 0 unspecified atom stereocenters. The molecule has 0 bridgehead atoms. The van der Waals surface area contributed by atoms with Crippen molar-refractivity contribution >= 4 is 16.9 Å². The lowest BCUT2D eigenvalue weighted by Crippen LogP contribution is -2.45. The summed E-state index contributed by atoms with van der Waals surface area (Å²) in [5.74, 6) is 0.320. The van der Waals surface area contributed by atoms with Gasteiger partial charge in [0.2, 0.25) is 5.91 Å². The first-order valence-corrected chi connectivity index (χ1v) is 9.57. The van der Waals surface area contributed by atoms with Crippen molar-refractivity contribution < 1.29 is 9.21 Å². The molecule has 1 aromatic carbocycles. The number of amides is 1. The van der Waals surface area contributed by atoms with E-state index in [1.165, 1.54) is 5.56 Å². The molecule has 26 heavy (non-hydrogen) atoms. The summed E-state index contributed by atoms with van der Waals surface area (Å²) < 4.78 is 5.46. The highest BCUT2D eigenvalue weighted by Crippen LogP contribution is 2.26. The van der Waals surface area contributed by atoms with Crippen LogP contribution in [0.2, 0.25) is 0 Å². The minimum Gasteiger partial charge on any atom is -0.422 e. The summed E-state index contributed by atoms with van der Waals surface area (Å²) in [6.45, 7) is 7.65. The van der Waals surface area contributed by atoms with Crippen molar-refractivity contribution in [3.05, 3.63) is 45.3 Å². The molecule has 5 heteroatoms. The van der Waals surface area contributed by atoms with Crippen LogP contribution < -0.4 is 5.63 Å². The number of hydrogen-bond donors (Lipinski definition) is 0. The van der Waals surface area contributed by atoms with E-state index in [1.54, 1.807) is 6.07 Å². The maximum Gasteiger partial charge on any atom is 0.336 e. The van der Waals surface area contributed by atoms with E-state index in [0.29, 0.717) is 24.0 Å². The quantitative estimate of drug-likeness (QED) is 0.795. The summed E-state index contributed by atoms with van der Waals surface area (Å²) in [4.78, 5) is 28.4. The van der Waals surface area contributed by atoms with Crippen LogP contribution in [0.5, 0.6) is 0 Å². The van der Waals surface area contributed by atoms with Crippen molar-refractivity contribution in [2.75, 3.05) is 19.6 Å². The highest BCUT2D eigenvalue weighted by molar-refractivity contribution is 5.83. The Morgan fingerprint density at radius 1 is 1.08 bits per heavy atom. The van der Waals surface area contributed by atoms with Gasteiger partial charge < -0.3 is 9.32 Å². The van der Waals surface area contributed by atoms with E-state index < -0.39 is 0 Å². The maximum absolute atomic E-state index is 12.0. The largest absolute Gasteiger partial charge is 0.422 e. The fourth-order valence-electron chi connectivity index (χ4n) is 4.49. The Morgan fingerprint density at radius 3 is 2.54 bits per heavy atom. The number of benzene rings is 1. The molecule has 1 amide bonds. The maximum atomic E-state index is 12.0. The molecule has 0 saturated carbocycles. The van der Waals surface area contributed by atoms with Gasteiger partial charge in [-0.25, -0.2) is 4.79 Å². The van der Waals surface area contributed by atoms with E-state index in [2.05, 4.69) is 22.8 Å². The molecule has 1 aromatic heterocycles. The molecule has 0 atom stereocenters. The molecule has 0 N–H and O–H groups in total. The third kappa shape index (κ3) is 3.28. The molecule has 5 nitrogen and oxygen atoms in total. The first kappa shape index (κ1) is 17.3. The van der Waals surface area contributed by atoms with Crippen molar-refractivity contribution in [2.45, 2.75) is 52.1 Å². The molecule has 2 saturated heterocycles. The van der Waals surface area contributed by atoms with Crippen LogP contribution in [-0.2, 0) is 11.3 Å². The molecule has 2 aromatic rings. The predicted octanol–water partition coefficient (Wildman–Crippen LogP) is 3.00. The number of carbonyl (C=O) groups excluding carboxylic acids is 1. The standard InChI is InChI=1S/C21H26N2O3/c1-14-10-15(2)21-18(11-14)16(12-20(25)26-21)13-22-8-5-17(6-9-22)23-7-3-4-19(23)24/h10-12,17H,3-9,13H2,1-2H3. The van der Waals surface area contributed by atoms with Gasteiger partial charge in [0.05, 0.1) is 0 Å². The van der Waals surface area contributed by atoms with Gasteiger partial charge in [0, 0.05) is 50.1 Å². The van der Waals surface area contributed by atoms with Crippen LogP contribution in [0.3, 0.4) is 0 Å². The van der Waals surface area contributed by atoms with Crippen LogP contribution in [0, 0.1) is 13.8 Å². The molecule has 2 aliphatic rings. The van der Waals surface area contributed by atoms with Crippen LogP contribution in [0.25, 0.3) is 11.0 Å². The molecule has 0 radical (unpaired) electrons. The molecule has 138 valence electrons. The van der Waals surface area contributed by atoms with E-state index in [1.807, 2.05) is 13.0 Å². The smallest absolute Gasteiger partial charge is 0.336 e. The number of nitrogens with zero attached hydrogens (tertiary/aromatic N) is 2. The van der Waals surface area contributed by atoms with E-state index in [0.717, 1.165) is 62.0 Å². The number of hydrogen-bond acceptors (Lipinski definition) is 4. The summed E-state index contributed by atoms with van der Waals surface area (Å²) in [5, 5.41) is 1.04. The van der Waals surface area contributed by atoms with E-state index in [-0.39, 0.29) is 5.63 Å². The summed E-state index contributed by atoms with van der Waals surface area (Å²) in [6, 6.07) is 6.18. The Balaban J connectivity index is 1.52. The lowest BCUT2D eigenvalue weighted by atomic mass is 10.0. The zero-order valence-electron chi connectivity index (χ0n) is 15.6. The molecule has 2 aliphatic heterocycles. The molecule has 0 spiro atoms. The average molecular weight is 354 g/mol. The SMILES string of the molecule is Cc1cc(C)c2oc(=O)cc(CN3CCC(N4CCCC4=O)CC3)c2c1. The first-order valence-electron chi connectivity index (χ1n) is 9.57. The minimum atomic E-state index is -0.281. The average Bonchev–Trinajstić information content (AvgIpc) is 3.03. The lowest BCUT2D eigenvalue weighted by Gasteiger charge is -2.36. The second-order valence-corrected chi connectivity index (χ2v) is 7.75. The second-order valence-electron chi connectivity index (χ2n) is 7.75. The number of fused-ring (bicyclic) bond motifs is 1. The van der Waals surface area contributed by atoms with Crippen molar-refractivity contribution in [3.63, 3.8) is 0 Å². The molecular weight excluding hydrogens is 328 g/mol. The fourth-order valence-corrected chi connectivity index (χ4v) is 4.49. The second kappa shape index (κ2) is 6.88. The van der Waals surface area contributed by atoms with Crippen molar-refractivity contribution in [3.8, 4) is 0 Å². The van der Waals surface area contributed by atoms with E-state index >= 15 is 0 Å². The van der Waals surface area contributed by atoms with Gasteiger partial charge in [0.25, 0.3) is 0 Å². The third-order valence-electron chi connectivity index (χ3n) is 5.76. The molecular formula is C21H26N2O3. The molecule has 3 heterocycles. The Hall–Kier alpha value is -2.14. The van der Waals surface area contributed by atoms with Crippen molar-refractivity contribution in [2.24, 2.45) is 0 Å². The highest BCUT2D eigenvalue weighted by atomic mass is 16.4. The van der Waals surface area contributed by atoms with Gasteiger partial charge in [0.1, 0.15) is 5.58 Å². The Bertz CT molecular complexity index is 894.